The molecule has 0 spiro atoms. The van der Waals surface area contributed by atoms with Gasteiger partial charge in [-0.15, -0.1) is 0 Å². The molecule has 0 aliphatic heterocycles. The zero-order valence-corrected chi connectivity index (χ0v) is 13.0. The molecule has 1 rings (SSSR count). The molecule has 0 aliphatic rings. The van der Waals surface area contributed by atoms with E-state index in [1.54, 1.807) is 0 Å². The first kappa shape index (κ1) is 17.2. The van der Waals surface area contributed by atoms with Crippen LogP contribution in [-0.2, 0) is 11.0 Å². The van der Waals surface area contributed by atoms with Gasteiger partial charge in [0, 0.05) is 0 Å². The van der Waals surface area contributed by atoms with E-state index in [0.717, 1.165) is 30.6 Å². The highest BCUT2D eigenvalue weighted by molar-refractivity contribution is 7.51. The molecule has 5 nitrogen and oxygen atoms in total. The van der Waals surface area contributed by atoms with E-state index in [0.29, 0.717) is 6.54 Å². The molecule has 20 heavy (non-hydrogen) atoms. The molecule has 0 aliphatic carbocycles. The predicted octanol–water partition coefficient (Wildman–Crippen LogP) is 2.52. The van der Waals surface area contributed by atoms with Crippen LogP contribution in [0.25, 0.3) is 0 Å². The summed E-state index contributed by atoms with van der Waals surface area (Å²) in [5.74, 6) is 0.859. The minimum atomic E-state index is -3.95. The fourth-order valence-electron chi connectivity index (χ4n) is 1.89. The second-order valence-electron chi connectivity index (χ2n) is 4.93. The predicted molar refractivity (Wildman–Crippen MR) is 80.1 cm³/mol. The lowest BCUT2D eigenvalue weighted by molar-refractivity contribution is 0.210. The van der Waals surface area contributed by atoms with Gasteiger partial charge in [-0.3, -0.25) is 4.57 Å². The average molecular weight is 301 g/mol. The van der Waals surface area contributed by atoms with Crippen molar-refractivity contribution in [3.63, 3.8) is 0 Å². The lowest BCUT2D eigenvalue weighted by Crippen LogP contribution is -2.18. The van der Waals surface area contributed by atoms with Crippen molar-refractivity contribution in [1.29, 1.82) is 0 Å². The first-order chi connectivity index (χ1) is 9.40. The summed E-state index contributed by atoms with van der Waals surface area (Å²) in [5, 5.41) is 2.74. The van der Waals surface area contributed by atoms with E-state index in [1.165, 1.54) is 0 Å². The highest BCUT2D eigenvalue weighted by Gasteiger charge is 2.10. The zero-order chi connectivity index (χ0) is 15.0. The van der Waals surface area contributed by atoms with Crippen LogP contribution < -0.4 is 10.1 Å². The molecule has 1 atom stereocenters. The van der Waals surface area contributed by atoms with Crippen LogP contribution in [0.15, 0.2) is 24.3 Å². The monoisotopic (exact) mass is 301 g/mol. The second kappa shape index (κ2) is 8.42. The molecule has 1 unspecified atom stereocenters. The molecule has 0 aromatic heterocycles. The molecule has 0 radical (unpaired) electrons. The maximum atomic E-state index is 10.7. The highest BCUT2D eigenvalue weighted by Crippen LogP contribution is 2.31. The van der Waals surface area contributed by atoms with E-state index in [1.807, 2.05) is 24.3 Å². The number of ether oxygens (including phenoxy) is 1. The maximum absolute atomic E-state index is 10.7. The number of hydrogen-bond acceptors (Lipinski definition) is 3. The molecule has 0 bridgehead atoms. The number of benzene rings is 1. The van der Waals surface area contributed by atoms with Crippen molar-refractivity contribution in [3.05, 3.63) is 29.8 Å². The lowest BCUT2D eigenvalue weighted by Gasteiger charge is -2.14. The minimum Gasteiger partial charge on any atom is -0.491 e. The van der Waals surface area contributed by atoms with E-state index in [4.69, 9.17) is 14.5 Å². The molecule has 114 valence electrons. The van der Waals surface area contributed by atoms with Crippen molar-refractivity contribution in [2.45, 2.75) is 39.2 Å². The Morgan fingerprint density at radius 3 is 2.50 bits per heavy atom. The van der Waals surface area contributed by atoms with E-state index in [2.05, 4.69) is 19.2 Å². The van der Waals surface area contributed by atoms with Gasteiger partial charge in [0.05, 0.1) is 12.4 Å². The fourth-order valence-corrected chi connectivity index (χ4v) is 2.34. The Kier molecular flexibility index (Phi) is 7.24. The molecule has 1 aromatic rings. The Hall–Kier alpha value is -0.870. The van der Waals surface area contributed by atoms with Gasteiger partial charge in [-0.2, -0.15) is 0 Å². The summed E-state index contributed by atoms with van der Waals surface area (Å²) in [4.78, 5) is 17.4. The van der Waals surface area contributed by atoms with Crippen LogP contribution in [0.3, 0.4) is 0 Å². The van der Waals surface area contributed by atoms with E-state index in [-0.39, 0.29) is 12.4 Å². The van der Waals surface area contributed by atoms with Gasteiger partial charge in [-0.1, -0.05) is 25.5 Å². The first-order valence-corrected chi connectivity index (χ1v) is 8.71. The lowest BCUT2D eigenvalue weighted by atomic mass is 10.1. The minimum absolute atomic E-state index is 0.218. The van der Waals surface area contributed by atoms with Gasteiger partial charge >= 0.3 is 7.60 Å². The Morgan fingerprint density at radius 1 is 1.30 bits per heavy atom. The summed E-state index contributed by atoms with van der Waals surface area (Å²) in [6.45, 7) is 4.73. The van der Waals surface area contributed by atoms with Gasteiger partial charge in [0.2, 0.25) is 0 Å². The molecule has 0 amide bonds. The molecular formula is C14H24NO4P. The Bertz CT molecular complexity index is 429. The van der Waals surface area contributed by atoms with Crippen molar-refractivity contribution in [2.75, 3.05) is 12.8 Å². The SMILES string of the molecule is CCCC(C)Oc1ccc(CCNCP(=O)(O)O)cc1. The molecule has 0 saturated heterocycles. The Morgan fingerprint density at radius 2 is 1.95 bits per heavy atom. The molecule has 6 heteroatoms. The van der Waals surface area contributed by atoms with E-state index in [9.17, 15) is 4.57 Å². The van der Waals surface area contributed by atoms with Crippen LogP contribution in [0.4, 0.5) is 0 Å². The summed E-state index contributed by atoms with van der Waals surface area (Å²) in [6, 6.07) is 7.83. The summed E-state index contributed by atoms with van der Waals surface area (Å²) in [7, 11) is -3.95. The second-order valence-corrected chi connectivity index (χ2v) is 6.58. The van der Waals surface area contributed by atoms with Gasteiger partial charge in [0.25, 0.3) is 0 Å². The third-order valence-electron chi connectivity index (χ3n) is 2.86. The molecule has 0 saturated carbocycles. The number of hydrogen-bond donors (Lipinski definition) is 3. The summed E-state index contributed by atoms with van der Waals surface area (Å²) < 4.78 is 16.4. The number of nitrogens with one attached hydrogen (secondary N) is 1. The van der Waals surface area contributed by atoms with Crippen LogP contribution in [-0.4, -0.2) is 28.7 Å². The van der Waals surface area contributed by atoms with Crippen LogP contribution in [0.1, 0.15) is 32.3 Å². The standard InChI is InChI=1S/C14H24NO4P/c1-3-4-12(2)19-14-7-5-13(6-8-14)9-10-15-11-20(16,17)18/h5-8,12,15H,3-4,9-11H2,1-2H3,(H2,16,17,18). The van der Waals surface area contributed by atoms with Crippen molar-refractivity contribution in [2.24, 2.45) is 0 Å². The van der Waals surface area contributed by atoms with Gasteiger partial charge in [-0.25, -0.2) is 0 Å². The zero-order valence-electron chi connectivity index (χ0n) is 12.1. The van der Waals surface area contributed by atoms with E-state index < -0.39 is 7.60 Å². The Balaban J connectivity index is 2.33. The molecule has 1 aromatic carbocycles. The van der Waals surface area contributed by atoms with Gasteiger partial charge in [0.1, 0.15) is 5.75 Å². The van der Waals surface area contributed by atoms with E-state index >= 15 is 0 Å². The Labute approximate surface area is 120 Å². The maximum Gasteiger partial charge on any atom is 0.339 e. The third kappa shape index (κ3) is 7.65. The largest absolute Gasteiger partial charge is 0.491 e. The first-order valence-electron chi connectivity index (χ1n) is 6.91. The summed E-state index contributed by atoms with van der Waals surface area (Å²) in [5.41, 5.74) is 1.11. The smallest absolute Gasteiger partial charge is 0.339 e. The van der Waals surface area contributed by atoms with Crippen LogP contribution in [0.5, 0.6) is 5.75 Å². The summed E-state index contributed by atoms with van der Waals surface area (Å²) in [6.07, 6.45) is 2.81. The van der Waals surface area contributed by atoms with Crippen molar-refractivity contribution in [1.82, 2.24) is 5.32 Å². The average Bonchev–Trinajstić information content (AvgIpc) is 2.36. The van der Waals surface area contributed by atoms with Crippen LogP contribution in [0.2, 0.25) is 0 Å². The van der Waals surface area contributed by atoms with Crippen LogP contribution >= 0.6 is 7.60 Å². The number of rotatable bonds is 9. The summed E-state index contributed by atoms with van der Waals surface area (Å²) >= 11 is 0. The van der Waals surface area contributed by atoms with Crippen LogP contribution in [0, 0.1) is 0 Å². The topological polar surface area (TPSA) is 78.8 Å². The third-order valence-corrected chi connectivity index (χ3v) is 3.50. The fraction of sp³-hybridized carbons (Fsp3) is 0.571. The quantitative estimate of drug-likeness (QED) is 0.482. The highest BCUT2D eigenvalue weighted by atomic mass is 31.2. The molecule has 3 N–H and O–H groups in total. The van der Waals surface area contributed by atoms with Gasteiger partial charge in [-0.05, 0) is 44.0 Å². The molecular weight excluding hydrogens is 277 g/mol. The molecule has 0 fully saturated rings. The molecule has 0 heterocycles. The van der Waals surface area contributed by atoms with Crippen molar-refractivity contribution >= 4 is 7.60 Å². The van der Waals surface area contributed by atoms with Crippen molar-refractivity contribution < 1.29 is 19.1 Å². The van der Waals surface area contributed by atoms with Gasteiger partial charge in [0.15, 0.2) is 0 Å². The van der Waals surface area contributed by atoms with Gasteiger partial charge < -0.3 is 19.8 Å². The normalized spacial score (nSPS) is 13.2. The van der Waals surface area contributed by atoms with Crippen molar-refractivity contribution in [3.8, 4) is 5.75 Å².